The van der Waals surface area contributed by atoms with Crippen molar-refractivity contribution >= 4 is 17.3 Å². The second-order valence-corrected chi connectivity index (χ2v) is 4.84. The van der Waals surface area contributed by atoms with Crippen LogP contribution in [0.25, 0.3) is 0 Å². The quantitative estimate of drug-likeness (QED) is 0.898. The number of nitrogens with one attached hydrogen (secondary N) is 1. The molecule has 2 aromatic rings. The predicted molar refractivity (Wildman–Crippen MR) is 81.2 cm³/mol. The van der Waals surface area contributed by atoms with E-state index in [1.54, 1.807) is 18.2 Å². The number of benzene rings is 2. The maximum Gasteiger partial charge on any atom is 0.228 e. The smallest absolute Gasteiger partial charge is 0.228 e. The zero-order chi connectivity index (χ0) is 14.5. The van der Waals surface area contributed by atoms with Gasteiger partial charge in [-0.1, -0.05) is 18.2 Å². The van der Waals surface area contributed by atoms with Crippen LogP contribution in [0.3, 0.4) is 0 Å². The molecule has 0 spiro atoms. The molecule has 0 fully saturated rings. The maximum atomic E-state index is 12.0. The molecule has 104 valence electrons. The molecule has 0 aromatic heterocycles. The largest absolute Gasteiger partial charge is 0.508 e. The number of carbonyl (C=O) groups excluding carboxylic acids is 1. The number of aromatic hydroxyl groups is 1. The number of hydrogen-bond donors (Lipinski definition) is 2. The fraction of sp³-hybridized carbons (Fsp3) is 0.188. The summed E-state index contributed by atoms with van der Waals surface area (Å²) in [5.74, 6) is 0.0661. The van der Waals surface area contributed by atoms with Gasteiger partial charge in [-0.3, -0.25) is 4.79 Å². The lowest BCUT2D eigenvalue weighted by molar-refractivity contribution is -0.115. The molecule has 0 saturated carbocycles. The van der Waals surface area contributed by atoms with Crippen molar-refractivity contribution in [3.05, 3.63) is 54.1 Å². The van der Waals surface area contributed by atoms with E-state index >= 15 is 0 Å². The Morgan fingerprint density at radius 2 is 1.90 bits per heavy atom. The van der Waals surface area contributed by atoms with Crippen LogP contribution in [-0.4, -0.2) is 25.1 Å². The van der Waals surface area contributed by atoms with E-state index in [-0.39, 0.29) is 18.1 Å². The highest BCUT2D eigenvalue weighted by molar-refractivity contribution is 5.92. The van der Waals surface area contributed by atoms with Crippen molar-refractivity contribution in [2.24, 2.45) is 0 Å². The summed E-state index contributed by atoms with van der Waals surface area (Å²) in [6, 6.07) is 14.4. The second kappa shape index (κ2) is 6.10. The molecule has 4 heteroatoms. The number of nitrogens with zero attached hydrogens (tertiary/aromatic N) is 1. The average molecular weight is 270 g/mol. The summed E-state index contributed by atoms with van der Waals surface area (Å²) in [6.45, 7) is 0. The minimum Gasteiger partial charge on any atom is -0.508 e. The van der Waals surface area contributed by atoms with Crippen LogP contribution in [0.1, 0.15) is 5.56 Å². The molecule has 2 N–H and O–H groups in total. The Labute approximate surface area is 118 Å². The van der Waals surface area contributed by atoms with Crippen LogP contribution in [-0.2, 0) is 11.2 Å². The summed E-state index contributed by atoms with van der Waals surface area (Å²) in [6.07, 6.45) is 0.237. The van der Waals surface area contributed by atoms with Crippen LogP contribution in [0.5, 0.6) is 5.75 Å². The summed E-state index contributed by atoms with van der Waals surface area (Å²) in [7, 11) is 3.90. The van der Waals surface area contributed by atoms with Crippen molar-refractivity contribution in [2.75, 3.05) is 24.3 Å². The summed E-state index contributed by atoms with van der Waals surface area (Å²) in [4.78, 5) is 13.9. The number of rotatable bonds is 4. The van der Waals surface area contributed by atoms with E-state index < -0.39 is 0 Å². The lowest BCUT2D eigenvalue weighted by Crippen LogP contribution is -2.15. The van der Waals surface area contributed by atoms with Gasteiger partial charge in [0, 0.05) is 25.5 Å². The van der Waals surface area contributed by atoms with Gasteiger partial charge >= 0.3 is 0 Å². The molecule has 2 aromatic carbocycles. The van der Waals surface area contributed by atoms with Gasteiger partial charge in [0.2, 0.25) is 5.91 Å². The van der Waals surface area contributed by atoms with Crippen molar-refractivity contribution in [2.45, 2.75) is 6.42 Å². The van der Waals surface area contributed by atoms with Gasteiger partial charge in [-0.05, 0) is 35.9 Å². The molecule has 0 aliphatic heterocycles. The lowest BCUT2D eigenvalue weighted by atomic mass is 10.1. The van der Waals surface area contributed by atoms with E-state index in [9.17, 15) is 9.90 Å². The third-order valence-electron chi connectivity index (χ3n) is 2.92. The van der Waals surface area contributed by atoms with Crippen LogP contribution >= 0.6 is 0 Å². The molecule has 0 radical (unpaired) electrons. The van der Waals surface area contributed by atoms with Gasteiger partial charge < -0.3 is 15.3 Å². The highest BCUT2D eigenvalue weighted by Gasteiger charge is 2.05. The summed E-state index contributed by atoms with van der Waals surface area (Å²) < 4.78 is 0. The fourth-order valence-electron chi connectivity index (χ4n) is 1.92. The topological polar surface area (TPSA) is 52.6 Å². The summed E-state index contributed by atoms with van der Waals surface area (Å²) >= 11 is 0. The van der Waals surface area contributed by atoms with E-state index in [1.165, 1.54) is 0 Å². The molecule has 0 aliphatic carbocycles. The maximum absolute atomic E-state index is 12.0. The van der Waals surface area contributed by atoms with Gasteiger partial charge in [0.1, 0.15) is 5.75 Å². The standard InChI is InChI=1S/C16H18N2O2/c1-18(2)14-7-4-6-13(11-14)17-16(20)10-12-5-3-8-15(19)9-12/h3-9,11,19H,10H2,1-2H3,(H,17,20). The first-order valence-corrected chi connectivity index (χ1v) is 6.40. The number of amides is 1. The molecule has 0 unspecified atom stereocenters. The first-order chi connectivity index (χ1) is 9.54. The number of anilines is 2. The van der Waals surface area contributed by atoms with Crippen LogP contribution in [0.15, 0.2) is 48.5 Å². The van der Waals surface area contributed by atoms with Crippen molar-refractivity contribution in [3.63, 3.8) is 0 Å². The molecule has 1 amide bonds. The zero-order valence-corrected chi connectivity index (χ0v) is 11.6. The Bertz CT molecular complexity index is 609. The number of phenols is 1. The van der Waals surface area contributed by atoms with Crippen LogP contribution in [0.4, 0.5) is 11.4 Å². The van der Waals surface area contributed by atoms with E-state index in [4.69, 9.17) is 0 Å². The van der Waals surface area contributed by atoms with E-state index in [2.05, 4.69) is 5.32 Å². The Balaban J connectivity index is 2.03. The van der Waals surface area contributed by atoms with E-state index in [0.717, 1.165) is 16.9 Å². The molecule has 0 aliphatic rings. The molecule has 0 bridgehead atoms. The Hall–Kier alpha value is -2.49. The molecule has 20 heavy (non-hydrogen) atoms. The highest BCUT2D eigenvalue weighted by Crippen LogP contribution is 2.18. The third kappa shape index (κ3) is 3.75. The van der Waals surface area contributed by atoms with Gasteiger partial charge in [0.15, 0.2) is 0 Å². The molecule has 4 nitrogen and oxygen atoms in total. The molecule has 0 atom stereocenters. The second-order valence-electron chi connectivity index (χ2n) is 4.84. The highest BCUT2D eigenvalue weighted by atomic mass is 16.3. The Morgan fingerprint density at radius 3 is 2.60 bits per heavy atom. The summed E-state index contributed by atoms with van der Waals surface area (Å²) in [5, 5.41) is 12.2. The van der Waals surface area contributed by atoms with Crippen molar-refractivity contribution in [1.29, 1.82) is 0 Å². The number of hydrogen-bond acceptors (Lipinski definition) is 3. The minimum absolute atomic E-state index is 0.105. The average Bonchev–Trinajstić information content (AvgIpc) is 2.38. The number of carbonyl (C=O) groups is 1. The van der Waals surface area contributed by atoms with Crippen LogP contribution in [0, 0.1) is 0 Å². The molecular weight excluding hydrogens is 252 g/mol. The van der Waals surface area contributed by atoms with Gasteiger partial charge in [-0.15, -0.1) is 0 Å². The van der Waals surface area contributed by atoms with Crippen LogP contribution < -0.4 is 10.2 Å². The summed E-state index contributed by atoms with van der Waals surface area (Å²) in [5.41, 5.74) is 2.58. The van der Waals surface area contributed by atoms with Gasteiger partial charge in [-0.25, -0.2) is 0 Å². The lowest BCUT2D eigenvalue weighted by Gasteiger charge is -2.14. The van der Waals surface area contributed by atoms with Crippen molar-refractivity contribution < 1.29 is 9.90 Å². The molecular formula is C16H18N2O2. The first-order valence-electron chi connectivity index (χ1n) is 6.40. The molecule has 0 saturated heterocycles. The van der Waals surface area contributed by atoms with Crippen molar-refractivity contribution in [3.8, 4) is 5.75 Å². The minimum atomic E-state index is -0.105. The monoisotopic (exact) mass is 270 g/mol. The van der Waals surface area contributed by atoms with Crippen molar-refractivity contribution in [1.82, 2.24) is 0 Å². The molecule has 0 heterocycles. The molecule has 2 rings (SSSR count). The van der Waals surface area contributed by atoms with Gasteiger partial charge in [0.25, 0.3) is 0 Å². The van der Waals surface area contributed by atoms with E-state index in [1.807, 2.05) is 49.3 Å². The van der Waals surface area contributed by atoms with Gasteiger partial charge in [-0.2, -0.15) is 0 Å². The first kappa shape index (κ1) is 13.9. The fourth-order valence-corrected chi connectivity index (χ4v) is 1.92. The SMILES string of the molecule is CN(C)c1cccc(NC(=O)Cc2cccc(O)c2)c1. The van der Waals surface area contributed by atoms with Crippen LogP contribution in [0.2, 0.25) is 0 Å². The Kier molecular flexibility index (Phi) is 4.25. The zero-order valence-electron chi connectivity index (χ0n) is 11.6. The van der Waals surface area contributed by atoms with Gasteiger partial charge in [0.05, 0.1) is 6.42 Å². The third-order valence-corrected chi connectivity index (χ3v) is 2.92. The predicted octanol–water partition coefficient (Wildman–Crippen LogP) is 2.64. The normalized spacial score (nSPS) is 10.1. The number of phenolic OH excluding ortho intramolecular Hbond substituents is 1. The Morgan fingerprint density at radius 1 is 1.15 bits per heavy atom. The van der Waals surface area contributed by atoms with E-state index in [0.29, 0.717) is 0 Å².